The molecule has 2 heterocycles. The molecule has 1 aliphatic rings. The second kappa shape index (κ2) is 8.43. The van der Waals surface area contributed by atoms with Crippen molar-refractivity contribution in [2.45, 2.75) is 30.6 Å². The van der Waals surface area contributed by atoms with E-state index < -0.39 is 10.0 Å². The molecular weight excluding hydrogens is 426 g/mol. The first-order valence-electron chi connectivity index (χ1n) is 10.3. The van der Waals surface area contributed by atoms with Crippen LogP contribution in [0.4, 0.5) is 5.69 Å². The van der Waals surface area contributed by atoms with Gasteiger partial charge in [-0.25, -0.2) is 13.4 Å². The summed E-state index contributed by atoms with van der Waals surface area (Å²) >= 11 is 0. The second-order valence-electron chi connectivity index (χ2n) is 7.57. The van der Waals surface area contributed by atoms with Crippen LogP contribution in [0.2, 0.25) is 0 Å². The lowest BCUT2D eigenvalue weighted by Crippen LogP contribution is -2.14. The minimum absolute atomic E-state index is 0.284. The quantitative estimate of drug-likeness (QED) is 0.477. The molecule has 0 spiro atoms. The molecular formula is C23H21N5O3S. The maximum Gasteiger partial charge on any atom is 0.261 e. The van der Waals surface area contributed by atoms with Crippen molar-refractivity contribution in [1.82, 2.24) is 19.7 Å². The molecule has 162 valence electrons. The lowest BCUT2D eigenvalue weighted by molar-refractivity contribution is 0.454. The first-order chi connectivity index (χ1) is 15.6. The zero-order valence-corrected chi connectivity index (χ0v) is 18.0. The molecule has 32 heavy (non-hydrogen) atoms. The number of imidazole rings is 1. The zero-order chi connectivity index (χ0) is 22.0. The van der Waals surface area contributed by atoms with Gasteiger partial charge in [0.05, 0.1) is 4.90 Å². The molecule has 0 saturated carbocycles. The van der Waals surface area contributed by atoms with Gasteiger partial charge in [-0.1, -0.05) is 6.07 Å². The van der Waals surface area contributed by atoms with Crippen molar-refractivity contribution in [2.75, 3.05) is 4.72 Å². The van der Waals surface area contributed by atoms with Gasteiger partial charge in [0, 0.05) is 24.1 Å². The maximum atomic E-state index is 12.8. The number of benzene rings is 2. The Morgan fingerprint density at radius 1 is 0.906 bits per heavy atom. The fraction of sp³-hybridized carbons (Fsp3) is 0.174. The van der Waals surface area contributed by atoms with Crippen LogP contribution in [-0.4, -0.2) is 28.2 Å². The van der Waals surface area contributed by atoms with Crippen LogP contribution in [0.1, 0.15) is 24.0 Å². The van der Waals surface area contributed by atoms with Crippen LogP contribution in [0.15, 0.2) is 78.2 Å². The zero-order valence-electron chi connectivity index (χ0n) is 17.2. The number of ether oxygens (including phenoxy) is 1. The molecule has 9 heteroatoms. The largest absolute Gasteiger partial charge is 0.438 e. The first kappa shape index (κ1) is 20.2. The number of fused-ring (bicyclic) bond motifs is 1. The van der Waals surface area contributed by atoms with Crippen molar-refractivity contribution >= 4 is 15.7 Å². The minimum Gasteiger partial charge on any atom is -0.438 e. The Labute approximate surface area is 186 Å². The topological polar surface area (TPSA) is 99.0 Å². The average Bonchev–Trinajstić information content (AvgIpc) is 3.35. The fourth-order valence-electron chi connectivity index (χ4n) is 3.70. The van der Waals surface area contributed by atoms with Crippen LogP contribution in [-0.2, 0) is 22.9 Å². The number of nitrogens with one attached hydrogen (secondary N) is 1. The standard InChI is InChI=1S/C23H21N5O3S/c29-32(30,21-10-5-17-3-1-2-4-18(17)15-21)27-19-6-8-20(9-7-19)31-23-12-11-22(25-26-23)28-14-13-24-16-28/h5-16,27H,1-4H2. The third-order valence-corrected chi connectivity index (χ3v) is 6.73. The van der Waals surface area contributed by atoms with E-state index in [1.54, 1.807) is 71.8 Å². The molecule has 1 aliphatic carbocycles. The molecule has 0 aliphatic heterocycles. The third kappa shape index (κ3) is 4.33. The molecule has 5 rings (SSSR count). The monoisotopic (exact) mass is 447 g/mol. The molecule has 0 fully saturated rings. The highest BCUT2D eigenvalue weighted by molar-refractivity contribution is 7.92. The number of nitrogens with zero attached hydrogens (tertiary/aromatic N) is 4. The normalized spacial score (nSPS) is 13.4. The molecule has 0 amide bonds. The minimum atomic E-state index is -3.67. The summed E-state index contributed by atoms with van der Waals surface area (Å²) < 4.78 is 35.7. The van der Waals surface area contributed by atoms with E-state index in [1.165, 1.54) is 5.56 Å². The maximum absolute atomic E-state index is 12.8. The predicted molar refractivity (Wildman–Crippen MR) is 120 cm³/mol. The van der Waals surface area contributed by atoms with E-state index in [9.17, 15) is 8.42 Å². The summed E-state index contributed by atoms with van der Waals surface area (Å²) in [5.74, 6) is 1.48. The Hall–Kier alpha value is -3.72. The molecule has 2 aromatic carbocycles. The van der Waals surface area contributed by atoms with E-state index in [4.69, 9.17) is 4.74 Å². The highest BCUT2D eigenvalue weighted by atomic mass is 32.2. The Bertz CT molecular complexity index is 1320. The van der Waals surface area contributed by atoms with Crippen LogP contribution in [0.25, 0.3) is 5.82 Å². The number of aromatic nitrogens is 4. The van der Waals surface area contributed by atoms with E-state index >= 15 is 0 Å². The van der Waals surface area contributed by atoms with E-state index in [-0.39, 0.29) is 4.90 Å². The first-order valence-corrected chi connectivity index (χ1v) is 11.8. The summed E-state index contributed by atoms with van der Waals surface area (Å²) in [6.07, 6.45) is 9.27. The van der Waals surface area contributed by atoms with Crippen molar-refractivity contribution < 1.29 is 13.2 Å². The highest BCUT2D eigenvalue weighted by Gasteiger charge is 2.18. The molecule has 0 atom stereocenters. The number of sulfonamides is 1. The van der Waals surface area contributed by atoms with Gasteiger partial charge in [-0.2, -0.15) is 0 Å². The van der Waals surface area contributed by atoms with Crippen LogP contribution >= 0.6 is 0 Å². The average molecular weight is 448 g/mol. The van der Waals surface area contributed by atoms with Gasteiger partial charge < -0.3 is 4.74 Å². The highest BCUT2D eigenvalue weighted by Crippen LogP contribution is 2.26. The Morgan fingerprint density at radius 2 is 1.72 bits per heavy atom. The smallest absolute Gasteiger partial charge is 0.261 e. The number of hydrogen-bond donors (Lipinski definition) is 1. The summed E-state index contributed by atoms with van der Waals surface area (Å²) in [6, 6.07) is 15.5. The van der Waals surface area contributed by atoms with Crippen molar-refractivity contribution in [2.24, 2.45) is 0 Å². The Kier molecular flexibility index (Phi) is 5.32. The van der Waals surface area contributed by atoms with Gasteiger partial charge in [0.2, 0.25) is 5.88 Å². The number of rotatable bonds is 6. The van der Waals surface area contributed by atoms with Gasteiger partial charge in [0.15, 0.2) is 5.82 Å². The number of anilines is 1. The molecule has 2 aromatic heterocycles. The summed E-state index contributed by atoms with van der Waals surface area (Å²) in [6.45, 7) is 0. The Morgan fingerprint density at radius 3 is 2.44 bits per heavy atom. The summed E-state index contributed by atoms with van der Waals surface area (Å²) in [7, 11) is -3.67. The molecule has 0 bridgehead atoms. The molecule has 8 nitrogen and oxygen atoms in total. The lowest BCUT2D eigenvalue weighted by atomic mass is 9.92. The van der Waals surface area contributed by atoms with E-state index in [2.05, 4.69) is 19.9 Å². The van der Waals surface area contributed by atoms with Gasteiger partial charge in [0.1, 0.15) is 12.1 Å². The summed E-state index contributed by atoms with van der Waals surface area (Å²) in [4.78, 5) is 4.26. The van der Waals surface area contributed by atoms with E-state index in [1.807, 2.05) is 6.07 Å². The van der Waals surface area contributed by atoms with Crippen molar-refractivity contribution in [3.05, 3.63) is 84.4 Å². The van der Waals surface area contributed by atoms with E-state index in [0.29, 0.717) is 23.1 Å². The summed E-state index contributed by atoms with van der Waals surface area (Å²) in [5.41, 5.74) is 2.83. The lowest BCUT2D eigenvalue weighted by Gasteiger charge is -2.17. The third-order valence-electron chi connectivity index (χ3n) is 5.35. The number of aryl methyl sites for hydroxylation is 2. The van der Waals surface area contributed by atoms with Gasteiger partial charge in [0.25, 0.3) is 10.0 Å². The molecule has 4 aromatic rings. The Balaban J connectivity index is 1.26. The van der Waals surface area contributed by atoms with Crippen molar-refractivity contribution in [3.63, 3.8) is 0 Å². The molecule has 0 radical (unpaired) electrons. The van der Waals surface area contributed by atoms with Gasteiger partial charge >= 0.3 is 0 Å². The van der Waals surface area contributed by atoms with Crippen LogP contribution < -0.4 is 9.46 Å². The van der Waals surface area contributed by atoms with Crippen LogP contribution in [0.5, 0.6) is 11.6 Å². The van der Waals surface area contributed by atoms with Gasteiger partial charge in [-0.05, 0) is 79.3 Å². The van der Waals surface area contributed by atoms with E-state index in [0.717, 1.165) is 31.2 Å². The van der Waals surface area contributed by atoms with Gasteiger partial charge in [-0.15, -0.1) is 10.2 Å². The molecule has 0 saturated heterocycles. The SMILES string of the molecule is O=S(=O)(Nc1ccc(Oc2ccc(-n3ccnc3)nn2)cc1)c1ccc2c(c1)CCCC2. The molecule has 1 N–H and O–H groups in total. The predicted octanol–water partition coefficient (Wildman–Crippen LogP) is 4.13. The van der Waals surface area contributed by atoms with Crippen molar-refractivity contribution in [3.8, 4) is 17.4 Å². The molecule has 0 unspecified atom stereocenters. The number of hydrogen-bond acceptors (Lipinski definition) is 6. The van der Waals surface area contributed by atoms with Crippen molar-refractivity contribution in [1.29, 1.82) is 0 Å². The second-order valence-corrected chi connectivity index (χ2v) is 9.25. The fourth-order valence-corrected chi connectivity index (χ4v) is 4.81. The summed E-state index contributed by atoms with van der Waals surface area (Å²) in [5, 5.41) is 8.16. The van der Waals surface area contributed by atoms with Crippen LogP contribution in [0, 0.1) is 0 Å². The van der Waals surface area contributed by atoms with Gasteiger partial charge in [-0.3, -0.25) is 9.29 Å². The van der Waals surface area contributed by atoms with Crippen LogP contribution in [0.3, 0.4) is 0 Å².